The number of amides is 1. The quantitative estimate of drug-likeness (QED) is 0.270. The zero-order valence-corrected chi connectivity index (χ0v) is 21.8. The molecule has 0 fully saturated rings. The van der Waals surface area contributed by atoms with E-state index in [0.29, 0.717) is 11.5 Å². The number of hydrogen-bond donors (Lipinski definition) is 3. The summed E-state index contributed by atoms with van der Waals surface area (Å²) in [6.45, 7) is 8.10. The lowest BCUT2D eigenvalue weighted by atomic mass is 9.93. The van der Waals surface area contributed by atoms with Gasteiger partial charge in [0.25, 0.3) is 5.91 Å². The highest BCUT2D eigenvalue weighted by atomic mass is 19.4. The van der Waals surface area contributed by atoms with E-state index in [1.807, 2.05) is 26.0 Å². The van der Waals surface area contributed by atoms with Crippen LogP contribution in [0.15, 0.2) is 54.7 Å². The molecule has 38 heavy (non-hydrogen) atoms. The molecule has 0 bridgehead atoms. The molecule has 0 aliphatic heterocycles. The van der Waals surface area contributed by atoms with Crippen molar-refractivity contribution in [2.75, 3.05) is 11.9 Å². The highest BCUT2D eigenvalue weighted by Crippen LogP contribution is 2.35. The number of hydrogen-bond acceptors (Lipinski definition) is 4. The van der Waals surface area contributed by atoms with Crippen LogP contribution in [0.4, 0.5) is 18.9 Å². The predicted octanol–water partition coefficient (Wildman–Crippen LogP) is 6.79. The van der Waals surface area contributed by atoms with Crippen molar-refractivity contribution in [2.24, 2.45) is 5.92 Å². The van der Waals surface area contributed by atoms with Crippen molar-refractivity contribution in [1.82, 2.24) is 10.3 Å². The maximum Gasteiger partial charge on any atom is 0.416 e. The number of benzene rings is 2. The van der Waals surface area contributed by atoms with E-state index in [1.165, 1.54) is 18.3 Å². The number of pyridine rings is 1. The Balaban J connectivity index is 1.80. The van der Waals surface area contributed by atoms with Crippen molar-refractivity contribution < 1.29 is 27.9 Å². The van der Waals surface area contributed by atoms with Gasteiger partial charge in [-0.2, -0.15) is 13.2 Å². The first-order valence-electron chi connectivity index (χ1n) is 12.4. The standard InChI is InChI=1S/C29H32F3N3O3/c1-17(2)13-25(24-10-7-21(16-34-24)28(38)33-12-11-26(36)37)35-23-14-18(3)27(19(4)15-23)20-5-8-22(9-6-20)29(30,31)32/h5-10,14-17,25,35H,11-13H2,1-4H3,(H,33,38)(H,36,37)/t25-/m1/s1. The summed E-state index contributed by atoms with van der Waals surface area (Å²) < 4.78 is 38.9. The molecule has 0 spiro atoms. The van der Waals surface area contributed by atoms with Gasteiger partial charge in [0, 0.05) is 18.4 Å². The molecule has 1 atom stereocenters. The van der Waals surface area contributed by atoms with Gasteiger partial charge in [0.1, 0.15) is 0 Å². The second-order valence-corrected chi connectivity index (χ2v) is 9.76. The van der Waals surface area contributed by atoms with Gasteiger partial charge in [0.2, 0.25) is 0 Å². The van der Waals surface area contributed by atoms with Crippen LogP contribution in [0.25, 0.3) is 11.1 Å². The fourth-order valence-electron chi connectivity index (χ4n) is 4.39. The van der Waals surface area contributed by atoms with Gasteiger partial charge in [-0.05, 0) is 84.8 Å². The first kappa shape index (κ1) is 28.7. The van der Waals surface area contributed by atoms with E-state index in [2.05, 4.69) is 29.5 Å². The average Bonchev–Trinajstić information content (AvgIpc) is 2.82. The first-order valence-corrected chi connectivity index (χ1v) is 12.4. The number of aromatic nitrogens is 1. The van der Waals surface area contributed by atoms with Crippen LogP contribution in [0.2, 0.25) is 0 Å². The summed E-state index contributed by atoms with van der Waals surface area (Å²) in [5, 5.41) is 14.8. The summed E-state index contributed by atoms with van der Waals surface area (Å²) in [5.41, 5.74) is 4.74. The Morgan fingerprint density at radius 1 is 1.00 bits per heavy atom. The Labute approximate surface area is 220 Å². The van der Waals surface area contributed by atoms with Crippen molar-refractivity contribution in [3.63, 3.8) is 0 Å². The number of carbonyl (C=O) groups is 2. The third kappa shape index (κ3) is 7.57. The fraction of sp³-hybridized carbons (Fsp3) is 0.345. The number of anilines is 1. The number of nitrogens with zero attached hydrogens (tertiary/aromatic N) is 1. The number of nitrogens with one attached hydrogen (secondary N) is 2. The molecule has 6 nitrogen and oxygen atoms in total. The molecule has 0 saturated heterocycles. The van der Waals surface area contributed by atoms with E-state index in [-0.39, 0.29) is 24.9 Å². The number of alkyl halides is 3. The summed E-state index contributed by atoms with van der Waals surface area (Å²) in [5.74, 6) is -1.02. The fourth-order valence-corrected chi connectivity index (χ4v) is 4.39. The van der Waals surface area contributed by atoms with Gasteiger partial charge in [-0.25, -0.2) is 0 Å². The summed E-state index contributed by atoms with van der Waals surface area (Å²) >= 11 is 0. The van der Waals surface area contributed by atoms with Crippen LogP contribution in [-0.2, 0) is 11.0 Å². The molecule has 0 aliphatic rings. The van der Waals surface area contributed by atoms with Crippen LogP contribution in [0.3, 0.4) is 0 Å². The van der Waals surface area contributed by atoms with Crippen LogP contribution >= 0.6 is 0 Å². The Bertz CT molecular complexity index is 1250. The van der Waals surface area contributed by atoms with Gasteiger partial charge < -0.3 is 15.7 Å². The van der Waals surface area contributed by atoms with Gasteiger partial charge in [-0.3, -0.25) is 14.6 Å². The number of carboxylic acids is 1. The molecule has 202 valence electrons. The maximum absolute atomic E-state index is 13.0. The highest BCUT2D eigenvalue weighted by molar-refractivity contribution is 5.94. The SMILES string of the molecule is Cc1cc(N[C@H](CC(C)C)c2ccc(C(=O)NCCC(=O)O)cn2)cc(C)c1-c1ccc(C(F)(F)F)cc1. The van der Waals surface area contributed by atoms with Crippen LogP contribution < -0.4 is 10.6 Å². The third-order valence-corrected chi connectivity index (χ3v) is 6.11. The van der Waals surface area contributed by atoms with Crippen LogP contribution in [0.5, 0.6) is 0 Å². The first-order chi connectivity index (χ1) is 17.8. The van der Waals surface area contributed by atoms with E-state index in [1.54, 1.807) is 12.1 Å². The molecule has 1 aromatic heterocycles. The number of rotatable bonds is 10. The second-order valence-electron chi connectivity index (χ2n) is 9.76. The minimum Gasteiger partial charge on any atom is -0.481 e. The molecule has 3 rings (SSSR count). The second kappa shape index (κ2) is 12.1. The Kier molecular flexibility index (Phi) is 9.14. The molecule has 3 N–H and O–H groups in total. The zero-order valence-electron chi connectivity index (χ0n) is 21.8. The average molecular weight is 528 g/mol. The molecule has 0 aliphatic carbocycles. The lowest BCUT2D eigenvalue weighted by molar-refractivity contribution is -0.138. The molecular formula is C29H32F3N3O3. The molecule has 3 aromatic rings. The molecular weight excluding hydrogens is 495 g/mol. The highest BCUT2D eigenvalue weighted by Gasteiger charge is 2.30. The van der Waals surface area contributed by atoms with Crippen molar-refractivity contribution in [3.05, 3.63) is 82.7 Å². The monoisotopic (exact) mass is 527 g/mol. The minimum atomic E-state index is -4.38. The van der Waals surface area contributed by atoms with Gasteiger partial charge >= 0.3 is 12.1 Å². The van der Waals surface area contributed by atoms with Crippen LogP contribution in [0, 0.1) is 19.8 Å². The van der Waals surface area contributed by atoms with E-state index in [9.17, 15) is 22.8 Å². The van der Waals surface area contributed by atoms with Gasteiger partial charge in [0.05, 0.1) is 29.3 Å². The molecule has 1 amide bonds. The number of carbonyl (C=O) groups excluding carboxylic acids is 1. The van der Waals surface area contributed by atoms with Gasteiger partial charge in [-0.15, -0.1) is 0 Å². The predicted molar refractivity (Wildman–Crippen MR) is 141 cm³/mol. The van der Waals surface area contributed by atoms with E-state index >= 15 is 0 Å². The third-order valence-electron chi connectivity index (χ3n) is 6.11. The molecule has 0 unspecified atom stereocenters. The zero-order chi connectivity index (χ0) is 28.0. The maximum atomic E-state index is 13.0. The normalized spacial score (nSPS) is 12.3. The largest absolute Gasteiger partial charge is 0.481 e. The smallest absolute Gasteiger partial charge is 0.416 e. The minimum absolute atomic E-state index is 0.0363. The van der Waals surface area contributed by atoms with E-state index in [4.69, 9.17) is 5.11 Å². The van der Waals surface area contributed by atoms with Crippen molar-refractivity contribution >= 4 is 17.6 Å². The topological polar surface area (TPSA) is 91.3 Å². The van der Waals surface area contributed by atoms with Crippen LogP contribution in [0.1, 0.15) is 65.5 Å². The van der Waals surface area contributed by atoms with E-state index < -0.39 is 17.7 Å². The Hall–Kier alpha value is -3.88. The lowest BCUT2D eigenvalue weighted by Gasteiger charge is -2.23. The lowest BCUT2D eigenvalue weighted by Crippen LogP contribution is -2.26. The Morgan fingerprint density at radius 2 is 1.63 bits per heavy atom. The summed E-state index contributed by atoms with van der Waals surface area (Å²) in [6, 6.07) is 12.4. The molecule has 0 saturated carbocycles. The van der Waals surface area contributed by atoms with E-state index in [0.717, 1.165) is 52.2 Å². The molecule has 2 aromatic carbocycles. The number of aryl methyl sites for hydroxylation is 2. The molecule has 0 radical (unpaired) electrons. The summed E-state index contributed by atoms with van der Waals surface area (Å²) in [6.07, 6.45) is -2.28. The van der Waals surface area contributed by atoms with Gasteiger partial charge in [-0.1, -0.05) is 26.0 Å². The van der Waals surface area contributed by atoms with Crippen molar-refractivity contribution in [1.29, 1.82) is 0 Å². The number of carboxylic acid groups (broad SMARTS) is 1. The molecule has 9 heteroatoms. The summed E-state index contributed by atoms with van der Waals surface area (Å²) in [7, 11) is 0. The molecule has 1 heterocycles. The summed E-state index contributed by atoms with van der Waals surface area (Å²) in [4.78, 5) is 27.4. The van der Waals surface area contributed by atoms with Crippen molar-refractivity contribution in [2.45, 2.75) is 52.8 Å². The van der Waals surface area contributed by atoms with Crippen LogP contribution in [-0.4, -0.2) is 28.5 Å². The number of aliphatic carboxylic acids is 1. The number of halogens is 3. The van der Waals surface area contributed by atoms with Crippen molar-refractivity contribution in [3.8, 4) is 11.1 Å². The van der Waals surface area contributed by atoms with Gasteiger partial charge in [0.15, 0.2) is 0 Å². The Morgan fingerprint density at radius 3 is 2.13 bits per heavy atom.